The minimum Gasteiger partial charge on any atom is -0.353 e. The number of carbonyl (C=O) groups is 1. The summed E-state index contributed by atoms with van der Waals surface area (Å²) in [5.74, 6) is 1.92. The van der Waals surface area contributed by atoms with E-state index in [1.165, 1.54) is 43.9 Å². The van der Waals surface area contributed by atoms with Gasteiger partial charge in [0.2, 0.25) is 11.1 Å². The van der Waals surface area contributed by atoms with Gasteiger partial charge in [0.1, 0.15) is 5.82 Å². The molecule has 1 aromatic heterocycles. The molecule has 0 radical (unpaired) electrons. The zero-order chi connectivity index (χ0) is 19.1. The quantitative estimate of drug-likeness (QED) is 0.667. The Labute approximate surface area is 166 Å². The third kappa shape index (κ3) is 5.34. The van der Waals surface area contributed by atoms with E-state index >= 15 is 0 Å². The van der Waals surface area contributed by atoms with Crippen LogP contribution in [0.1, 0.15) is 70.5 Å². The summed E-state index contributed by atoms with van der Waals surface area (Å²) in [5.41, 5.74) is 1.04. The van der Waals surface area contributed by atoms with Crippen molar-refractivity contribution in [1.29, 1.82) is 0 Å². The molecule has 6 heteroatoms. The topological polar surface area (TPSA) is 59.8 Å². The summed E-state index contributed by atoms with van der Waals surface area (Å²) in [7, 11) is 0. The summed E-state index contributed by atoms with van der Waals surface area (Å²) < 4.78 is 1.98. The summed E-state index contributed by atoms with van der Waals surface area (Å²) in [6.45, 7) is 4.20. The van der Waals surface area contributed by atoms with E-state index in [1.807, 2.05) is 22.9 Å². The number of rotatable bonds is 8. The lowest BCUT2D eigenvalue weighted by Crippen LogP contribution is -2.35. The molecule has 1 N–H and O–H groups in total. The molecule has 1 amide bonds. The Hall–Kier alpha value is -1.82. The van der Waals surface area contributed by atoms with Crippen molar-refractivity contribution in [2.24, 2.45) is 0 Å². The number of para-hydroxylation sites is 1. The summed E-state index contributed by atoms with van der Waals surface area (Å²) in [6.07, 6.45) is 8.09. The summed E-state index contributed by atoms with van der Waals surface area (Å²) in [5, 5.41) is 8.51. The number of benzene rings is 1. The molecule has 2 aromatic rings. The number of aromatic nitrogens is 3. The molecule has 5 nitrogen and oxygen atoms in total. The van der Waals surface area contributed by atoms with Crippen molar-refractivity contribution in [3.63, 3.8) is 0 Å². The third-order valence-corrected chi connectivity index (χ3v) is 6.10. The van der Waals surface area contributed by atoms with Gasteiger partial charge < -0.3 is 5.32 Å². The second kappa shape index (κ2) is 9.93. The van der Waals surface area contributed by atoms with Crippen LogP contribution in [0.5, 0.6) is 0 Å². The maximum atomic E-state index is 12.2. The van der Waals surface area contributed by atoms with Crippen molar-refractivity contribution in [3.05, 3.63) is 36.2 Å². The highest BCUT2D eigenvalue weighted by Crippen LogP contribution is 2.33. The maximum absolute atomic E-state index is 12.2. The zero-order valence-corrected chi connectivity index (χ0v) is 17.2. The summed E-state index contributed by atoms with van der Waals surface area (Å²) in [4.78, 5) is 17.1. The van der Waals surface area contributed by atoms with Crippen LogP contribution >= 0.6 is 11.8 Å². The molecule has 27 heavy (non-hydrogen) atoms. The normalized spacial score (nSPS) is 15.2. The molecule has 0 spiro atoms. The van der Waals surface area contributed by atoms with Crippen LogP contribution in [0.15, 0.2) is 35.5 Å². The van der Waals surface area contributed by atoms with Crippen LogP contribution in [-0.4, -0.2) is 32.5 Å². The van der Waals surface area contributed by atoms with E-state index in [-0.39, 0.29) is 11.9 Å². The van der Waals surface area contributed by atoms with Crippen molar-refractivity contribution >= 4 is 17.7 Å². The molecule has 0 unspecified atom stereocenters. The Kier molecular flexibility index (Phi) is 7.33. The first kappa shape index (κ1) is 19.9. The molecular formula is C21H30N4OS. The van der Waals surface area contributed by atoms with Crippen molar-refractivity contribution in [2.45, 2.75) is 75.9 Å². The standard InChI is InChI=1S/C21H30N4OS/c1-3-17(4-2)22-19(26)15-27-21-23-20(16-11-7-5-8-12-16)25(24-21)18-13-9-6-10-14-18/h6,9-10,13-14,16-17H,3-5,7-8,11-12,15H2,1-2H3,(H,22,26). The molecule has 0 saturated heterocycles. The van der Waals surface area contributed by atoms with Gasteiger partial charge >= 0.3 is 0 Å². The predicted octanol–water partition coefficient (Wildman–Crippen LogP) is 4.71. The van der Waals surface area contributed by atoms with E-state index in [0.717, 1.165) is 24.4 Å². The monoisotopic (exact) mass is 386 g/mol. The minimum atomic E-state index is 0.0592. The van der Waals surface area contributed by atoms with Crippen molar-refractivity contribution in [3.8, 4) is 5.69 Å². The summed E-state index contributed by atoms with van der Waals surface area (Å²) >= 11 is 1.43. The Bertz CT molecular complexity index is 721. The van der Waals surface area contributed by atoms with Gasteiger partial charge in [-0.2, -0.15) is 0 Å². The van der Waals surface area contributed by atoms with Crippen LogP contribution in [0.3, 0.4) is 0 Å². The van der Waals surface area contributed by atoms with E-state index < -0.39 is 0 Å². The fourth-order valence-electron chi connectivity index (χ4n) is 3.64. The van der Waals surface area contributed by atoms with Crippen LogP contribution in [0.4, 0.5) is 0 Å². The maximum Gasteiger partial charge on any atom is 0.230 e. The van der Waals surface area contributed by atoms with Crippen molar-refractivity contribution < 1.29 is 4.79 Å². The molecule has 0 aliphatic heterocycles. The minimum absolute atomic E-state index is 0.0592. The number of amides is 1. The molecule has 146 valence electrons. The average molecular weight is 387 g/mol. The van der Waals surface area contributed by atoms with Gasteiger partial charge in [-0.3, -0.25) is 4.79 Å². The molecule has 1 saturated carbocycles. The molecule has 1 fully saturated rings. The third-order valence-electron chi connectivity index (χ3n) is 5.27. The van der Waals surface area contributed by atoms with Crippen LogP contribution < -0.4 is 5.32 Å². The lowest BCUT2D eigenvalue weighted by atomic mass is 9.88. The molecule has 3 rings (SSSR count). The Morgan fingerprint density at radius 2 is 1.89 bits per heavy atom. The second-order valence-corrected chi connectivity index (χ2v) is 8.15. The highest BCUT2D eigenvalue weighted by molar-refractivity contribution is 7.99. The number of nitrogens with one attached hydrogen (secondary N) is 1. The van der Waals surface area contributed by atoms with Crippen LogP contribution in [0, 0.1) is 0 Å². The number of hydrogen-bond donors (Lipinski definition) is 1. The first-order valence-corrected chi connectivity index (χ1v) is 11.1. The van der Waals surface area contributed by atoms with E-state index in [0.29, 0.717) is 16.8 Å². The first-order valence-electron chi connectivity index (χ1n) is 10.2. The number of thioether (sulfide) groups is 1. The van der Waals surface area contributed by atoms with Crippen molar-refractivity contribution in [2.75, 3.05) is 5.75 Å². The lowest BCUT2D eigenvalue weighted by Gasteiger charge is -2.21. The fraction of sp³-hybridized carbons (Fsp3) is 0.571. The van der Waals surface area contributed by atoms with Crippen LogP contribution in [-0.2, 0) is 4.79 Å². The highest BCUT2D eigenvalue weighted by Gasteiger charge is 2.23. The second-order valence-electron chi connectivity index (χ2n) is 7.20. The first-order chi connectivity index (χ1) is 13.2. The Morgan fingerprint density at radius 1 is 1.19 bits per heavy atom. The van der Waals surface area contributed by atoms with Gasteiger partial charge in [0, 0.05) is 12.0 Å². The van der Waals surface area contributed by atoms with Gasteiger partial charge in [-0.1, -0.05) is 63.1 Å². The van der Waals surface area contributed by atoms with Gasteiger partial charge in [0.15, 0.2) is 0 Å². The fourth-order valence-corrected chi connectivity index (χ4v) is 4.28. The van der Waals surface area contributed by atoms with E-state index in [4.69, 9.17) is 10.1 Å². The molecule has 1 aromatic carbocycles. The molecule has 1 aliphatic rings. The molecule has 1 aliphatic carbocycles. The Balaban J connectivity index is 1.74. The zero-order valence-electron chi connectivity index (χ0n) is 16.4. The van der Waals surface area contributed by atoms with E-state index in [9.17, 15) is 4.79 Å². The highest BCUT2D eigenvalue weighted by atomic mass is 32.2. The Morgan fingerprint density at radius 3 is 2.56 bits per heavy atom. The lowest BCUT2D eigenvalue weighted by molar-refractivity contribution is -0.119. The molecule has 0 atom stereocenters. The number of nitrogens with zero attached hydrogens (tertiary/aromatic N) is 3. The van der Waals surface area contributed by atoms with Crippen LogP contribution in [0.25, 0.3) is 5.69 Å². The smallest absolute Gasteiger partial charge is 0.230 e. The van der Waals surface area contributed by atoms with Gasteiger partial charge in [-0.25, -0.2) is 9.67 Å². The summed E-state index contributed by atoms with van der Waals surface area (Å²) in [6, 6.07) is 10.4. The number of carbonyl (C=O) groups excluding carboxylic acids is 1. The predicted molar refractivity (Wildman–Crippen MR) is 110 cm³/mol. The van der Waals surface area contributed by atoms with Crippen molar-refractivity contribution in [1.82, 2.24) is 20.1 Å². The van der Waals surface area contributed by atoms with Gasteiger partial charge in [-0.05, 0) is 37.8 Å². The largest absolute Gasteiger partial charge is 0.353 e. The van der Waals surface area contributed by atoms with E-state index in [1.54, 1.807) is 0 Å². The molecular weight excluding hydrogens is 356 g/mol. The van der Waals surface area contributed by atoms with Gasteiger partial charge in [0.05, 0.1) is 11.4 Å². The van der Waals surface area contributed by atoms with E-state index in [2.05, 4.69) is 31.3 Å². The molecule has 0 bridgehead atoms. The van der Waals surface area contributed by atoms with Gasteiger partial charge in [-0.15, -0.1) is 5.10 Å². The molecule has 1 heterocycles. The number of hydrogen-bond acceptors (Lipinski definition) is 4. The van der Waals surface area contributed by atoms with Gasteiger partial charge in [0.25, 0.3) is 0 Å². The average Bonchev–Trinajstić information content (AvgIpc) is 3.16. The van der Waals surface area contributed by atoms with Crippen LogP contribution in [0.2, 0.25) is 0 Å². The SMILES string of the molecule is CCC(CC)NC(=O)CSc1nc(C2CCCCC2)n(-c2ccccc2)n1.